The molecule has 1 aromatic heterocycles. The Morgan fingerprint density at radius 1 is 1.09 bits per heavy atom. The van der Waals surface area contributed by atoms with Crippen molar-refractivity contribution in [2.75, 3.05) is 20.2 Å². The third-order valence-electron chi connectivity index (χ3n) is 7.61. The fourth-order valence-corrected chi connectivity index (χ4v) is 7.88. The van der Waals surface area contributed by atoms with Crippen LogP contribution in [0.15, 0.2) is 47.1 Å². The van der Waals surface area contributed by atoms with Crippen LogP contribution in [0, 0.1) is 0 Å². The minimum Gasteiger partial charge on any atom is -0.487 e. The van der Waals surface area contributed by atoms with E-state index in [0.29, 0.717) is 54.6 Å². The number of nitrogens with zero attached hydrogens (tertiary/aromatic N) is 3. The monoisotopic (exact) mass is 720 g/mol. The quantitative estimate of drug-likeness (QED) is 0.249. The zero-order chi connectivity index (χ0) is 33.5. The van der Waals surface area contributed by atoms with Gasteiger partial charge in [-0.15, -0.1) is 0 Å². The lowest BCUT2D eigenvalue weighted by Crippen LogP contribution is -2.53. The molecule has 2 aromatic carbocycles. The van der Waals surface area contributed by atoms with Crippen molar-refractivity contribution in [3.05, 3.63) is 58.2 Å². The summed E-state index contributed by atoms with van der Waals surface area (Å²) >= 11 is 3.56. The molecule has 1 spiro atoms. The van der Waals surface area contributed by atoms with Gasteiger partial charge in [-0.2, -0.15) is 5.10 Å². The maximum atomic E-state index is 13.9. The number of fused-ring (bicyclic) bond motifs is 2. The molecule has 12 nitrogen and oxygen atoms in total. The van der Waals surface area contributed by atoms with Crippen molar-refractivity contribution in [2.45, 2.75) is 90.4 Å². The Labute approximate surface area is 277 Å². The van der Waals surface area contributed by atoms with E-state index in [1.54, 1.807) is 64.8 Å². The molecule has 0 bridgehead atoms. The number of amides is 2. The minimum atomic E-state index is -3.97. The van der Waals surface area contributed by atoms with Crippen molar-refractivity contribution in [2.24, 2.45) is 0 Å². The average molecular weight is 722 g/mol. The summed E-state index contributed by atoms with van der Waals surface area (Å²) in [6.07, 6.45) is 3.10. The Morgan fingerprint density at radius 3 is 2.39 bits per heavy atom. The van der Waals surface area contributed by atoms with Crippen molar-refractivity contribution in [3.8, 4) is 5.75 Å². The van der Waals surface area contributed by atoms with Crippen LogP contribution in [0.2, 0.25) is 0 Å². The highest BCUT2D eigenvalue weighted by Gasteiger charge is 2.45. The van der Waals surface area contributed by atoms with Crippen LogP contribution in [0.4, 0.5) is 4.79 Å². The molecular formula is C32H42BrN4O8P. The van der Waals surface area contributed by atoms with Crippen LogP contribution in [-0.4, -0.2) is 63.7 Å². The standard InChI is InChI=1S/C32H42BrN4O8P/c1-30(2,3)44-46(40,45-31(4,5)6)42-20-37-19-21-9-8-10-23(27(21)35-37)28(38)34-25-18-32(13-15-36(16-14-32)29(39)41-7)43-26-12-11-22(33)17-24(25)26/h8-12,17,19,25H,13-16,18,20H2,1-7H3,(H,34,38)/t25-/m0/s1. The van der Waals surface area contributed by atoms with Gasteiger partial charge in [0.05, 0.1) is 29.9 Å². The normalized spacial score (nSPS) is 18.3. The van der Waals surface area contributed by atoms with E-state index in [1.165, 1.54) is 11.8 Å². The number of aromatic nitrogens is 2. The van der Waals surface area contributed by atoms with E-state index >= 15 is 0 Å². The molecular weight excluding hydrogens is 679 g/mol. The lowest BCUT2D eigenvalue weighted by atomic mass is 9.80. The fourth-order valence-electron chi connectivity index (χ4n) is 5.75. The number of rotatable bonds is 7. The van der Waals surface area contributed by atoms with Gasteiger partial charge < -0.3 is 19.7 Å². The van der Waals surface area contributed by atoms with Crippen LogP contribution in [0.5, 0.6) is 5.75 Å². The molecule has 2 amide bonds. The highest BCUT2D eigenvalue weighted by molar-refractivity contribution is 9.10. The molecule has 3 heterocycles. The average Bonchev–Trinajstić information content (AvgIpc) is 3.38. The highest BCUT2D eigenvalue weighted by Crippen LogP contribution is 2.55. The van der Waals surface area contributed by atoms with Gasteiger partial charge in [-0.3, -0.25) is 18.4 Å². The van der Waals surface area contributed by atoms with Crippen molar-refractivity contribution in [1.29, 1.82) is 0 Å². The topological polar surface area (TPSA) is 130 Å². The molecule has 5 rings (SSSR count). The summed E-state index contributed by atoms with van der Waals surface area (Å²) in [7, 11) is -2.60. The number of halogens is 1. The number of phosphoric acid groups is 1. The Hall–Kier alpha value is -2.96. The third-order valence-corrected chi connectivity index (χ3v) is 10.1. The SMILES string of the molecule is COC(=O)N1CCC2(CC1)C[C@H](NC(=O)c1cccc3cn(COP(=O)(OC(C)(C)C)OC(C)(C)C)nc13)c1cc(Br)ccc1O2. The van der Waals surface area contributed by atoms with E-state index in [4.69, 9.17) is 23.0 Å². The molecule has 14 heteroatoms. The van der Waals surface area contributed by atoms with E-state index in [9.17, 15) is 14.2 Å². The molecule has 1 fully saturated rings. The molecule has 250 valence electrons. The van der Waals surface area contributed by atoms with Gasteiger partial charge in [-0.05, 0) is 65.8 Å². The van der Waals surface area contributed by atoms with Crippen LogP contribution in [0.3, 0.4) is 0 Å². The van der Waals surface area contributed by atoms with Gasteiger partial charge in [0.25, 0.3) is 5.91 Å². The van der Waals surface area contributed by atoms with E-state index < -0.39 is 24.6 Å². The van der Waals surface area contributed by atoms with E-state index in [0.717, 1.165) is 10.0 Å². The Bertz CT molecular complexity index is 1640. The number of piperidine rings is 1. The molecule has 0 radical (unpaired) electrons. The van der Waals surface area contributed by atoms with Crippen LogP contribution < -0.4 is 10.1 Å². The van der Waals surface area contributed by atoms with Gasteiger partial charge in [0.15, 0.2) is 6.73 Å². The number of nitrogens with one attached hydrogen (secondary N) is 1. The number of ether oxygens (including phenoxy) is 2. The van der Waals surface area contributed by atoms with Gasteiger partial charge >= 0.3 is 13.9 Å². The number of carbonyl (C=O) groups is 2. The van der Waals surface area contributed by atoms with Gasteiger partial charge in [-0.25, -0.2) is 14.0 Å². The fraction of sp³-hybridized carbons (Fsp3) is 0.531. The molecule has 0 saturated carbocycles. The predicted molar refractivity (Wildman–Crippen MR) is 176 cm³/mol. The summed E-state index contributed by atoms with van der Waals surface area (Å²) in [6.45, 7) is 11.4. The summed E-state index contributed by atoms with van der Waals surface area (Å²) in [5.41, 5.74) is -0.398. The first-order valence-electron chi connectivity index (χ1n) is 15.2. The predicted octanol–water partition coefficient (Wildman–Crippen LogP) is 7.37. The van der Waals surface area contributed by atoms with Crippen molar-refractivity contribution >= 4 is 46.7 Å². The van der Waals surface area contributed by atoms with Crippen molar-refractivity contribution < 1.29 is 37.2 Å². The minimum absolute atomic E-state index is 0.217. The summed E-state index contributed by atoms with van der Waals surface area (Å²) in [4.78, 5) is 27.7. The van der Waals surface area contributed by atoms with Crippen LogP contribution in [0.1, 0.15) is 82.8 Å². The first-order chi connectivity index (χ1) is 21.5. The lowest BCUT2D eigenvalue weighted by molar-refractivity contribution is -0.0221. The molecule has 0 unspecified atom stereocenters. The summed E-state index contributed by atoms with van der Waals surface area (Å²) < 4.78 is 44.5. The highest BCUT2D eigenvalue weighted by atomic mass is 79.9. The molecule has 1 atom stereocenters. The number of likely N-dealkylation sites (tertiary alicyclic amines) is 1. The molecule has 1 saturated heterocycles. The number of hydrogen-bond donors (Lipinski definition) is 1. The van der Waals surface area contributed by atoms with Crippen molar-refractivity contribution in [3.63, 3.8) is 0 Å². The van der Waals surface area contributed by atoms with Crippen LogP contribution in [0.25, 0.3) is 10.9 Å². The second-order valence-corrected chi connectivity index (χ2v) is 16.1. The van der Waals surface area contributed by atoms with Gasteiger partial charge in [0, 0.05) is 54.0 Å². The zero-order valence-electron chi connectivity index (χ0n) is 27.3. The maximum absolute atomic E-state index is 13.9. The first-order valence-corrected chi connectivity index (χ1v) is 17.5. The number of methoxy groups -OCH3 is 1. The lowest BCUT2D eigenvalue weighted by Gasteiger charge is -2.46. The Kier molecular flexibility index (Phi) is 9.65. The Balaban J connectivity index is 1.37. The maximum Gasteiger partial charge on any atom is 0.477 e. The van der Waals surface area contributed by atoms with Gasteiger partial charge in [0.1, 0.15) is 16.9 Å². The molecule has 3 aromatic rings. The number of carbonyl (C=O) groups excluding carboxylic acids is 2. The summed E-state index contributed by atoms with van der Waals surface area (Å²) in [5.74, 6) is 0.403. The van der Waals surface area contributed by atoms with Gasteiger partial charge in [0.2, 0.25) is 0 Å². The number of phosphoric ester groups is 1. The molecule has 2 aliphatic rings. The number of benzene rings is 2. The van der Waals surface area contributed by atoms with Crippen LogP contribution >= 0.6 is 23.8 Å². The molecule has 46 heavy (non-hydrogen) atoms. The second kappa shape index (κ2) is 12.9. The molecule has 2 aliphatic heterocycles. The molecule has 0 aliphatic carbocycles. The van der Waals surface area contributed by atoms with E-state index in [1.807, 2.05) is 24.3 Å². The summed E-state index contributed by atoms with van der Waals surface area (Å²) in [6, 6.07) is 10.8. The molecule has 1 N–H and O–H groups in total. The number of hydrogen-bond acceptors (Lipinski definition) is 9. The largest absolute Gasteiger partial charge is 0.487 e. The Morgan fingerprint density at radius 2 is 1.76 bits per heavy atom. The van der Waals surface area contributed by atoms with E-state index in [2.05, 4.69) is 26.3 Å². The van der Waals surface area contributed by atoms with E-state index in [-0.39, 0.29) is 24.8 Å². The van der Waals surface area contributed by atoms with Crippen molar-refractivity contribution in [1.82, 2.24) is 20.0 Å². The zero-order valence-corrected chi connectivity index (χ0v) is 29.8. The van der Waals surface area contributed by atoms with Crippen LogP contribution in [-0.2, 0) is 29.6 Å². The van der Waals surface area contributed by atoms with Gasteiger partial charge in [-0.1, -0.05) is 28.1 Å². The summed E-state index contributed by atoms with van der Waals surface area (Å²) in [5, 5.41) is 8.56. The first kappa shape index (κ1) is 34.4. The smallest absolute Gasteiger partial charge is 0.477 e. The second-order valence-electron chi connectivity index (χ2n) is 13.7. The third kappa shape index (κ3) is 8.12.